The molecule has 4 saturated heterocycles. The van der Waals surface area contributed by atoms with E-state index in [2.05, 4.69) is 30.6 Å². The van der Waals surface area contributed by atoms with Crippen molar-refractivity contribution in [2.45, 2.75) is 88.4 Å². The number of anilines is 2. The number of aromatic nitrogens is 4. The molecular formula is C39H42F4N8. The van der Waals surface area contributed by atoms with E-state index in [0.717, 1.165) is 63.3 Å². The summed E-state index contributed by atoms with van der Waals surface area (Å²) in [4.78, 5) is 19.8. The highest BCUT2D eigenvalue weighted by atomic mass is 19.1. The molecule has 3 aromatic carbocycles. The van der Waals surface area contributed by atoms with Crippen molar-refractivity contribution >= 4 is 33.4 Å². The van der Waals surface area contributed by atoms with Crippen LogP contribution in [-0.2, 0) is 0 Å². The molecule has 0 unspecified atom stereocenters. The van der Waals surface area contributed by atoms with Crippen molar-refractivity contribution in [1.29, 1.82) is 0 Å². The highest BCUT2D eigenvalue weighted by molar-refractivity contribution is 5.78. The molecule has 6 heterocycles. The van der Waals surface area contributed by atoms with E-state index >= 15 is 17.6 Å². The van der Waals surface area contributed by atoms with Crippen molar-refractivity contribution in [3.05, 3.63) is 82.4 Å². The molecule has 266 valence electrons. The molecule has 0 amide bonds. The number of benzene rings is 3. The van der Waals surface area contributed by atoms with Gasteiger partial charge >= 0.3 is 0 Å². The van der Waals surface area contributed by atoms with Crippen LogP contribution in [0.3, 0.4) is 0 Å². The molecule has 1 saturated carbocycles. The van der Waals surface area contributed by atoms with Gasteiger partial charge in [-0.2, -0.15) is 0 Å². The molecule has 5 aromatic rings. The molecule has 12 heteroatoms. The van der Waals surface area contributed by atoms with E-state index < -0.39 is 35.4 Å². The maximum Gasteiger partial charge on any atom is 0.151 e. The van der Waals surface area contributed by atoms with Gasteiger partial charge in [0.2, 0.25) is 0 Å². The van der Waals surface area contributed by atoms with Crippen molar-refractivity contribution in [1.82, 2.24) is 30.6 Å². The smallest absolute Gasteiger partial charge is 0.151 e. The third-order valence-electron chi connectivity index (χ3n) is 12.5. The predicted octanol–water partition coefficient (Wildman–Crippen LogP) is 8.31. The molecule has 0 bridgehead atoms. The summed E-state index contributed by atoms with van der Waals surface area (Å²) in [6.45, 7) is 3.04. The van der Waals surface area contributed by atoms with Gasteiger partial charge in [-0.3, -0.25) is 0 Å². The van der Waals surface area contributed by atoms with E-state index in [1.165, 1.54) is 37.1 Å². The van der Waals surface area contributed by atoms with Gasteiger partial charge in [-0.25, -0.2) is 27.5 Å². The maximum atomic E-state index is 16.2. The Morgan fingerprint density at radius 2 is 1.12 bits per heavy atom. The third kappa shape index (κ3) is 5.39. The Hall–Kier alpha value is -4.16. The maximum absolute atomic E-state index is 16.2. The average Bonchev–Trinajstić information content (AvgIpc) is 3.80. The molecule has 5 fully saturated rings. The number of imidazole rings is 2. The van der Waals surface area contributed by atoms with Crippen LogP contribution in [0.25, 0.3) is 22.1 Å². The number of nitrogens with one attached hydrogen (secondary N) is 4. The number of piperidine rings is 1. The zero-order valence-corrected chi connectivity index (χ0v) is 28.5. The fourth-order valence-electron chi connectivity index (χ4n) is 9.48. The molecule has 0 radical (unpaired) electrons. The minimum atomic E-state index is -0.655. The molecule has 4 atom stereocenters. The van der Waals surface area contributed by atoms with Gasteiger partial charge < -0.3 is 30.4 Å². The first-order valence-corrected chi connectivity index (χ1v) is 18.7. The first kappa shape index (κ1) is 31.6. The average molecular weight is 699 g/mol. The molecule has 10 rings (SSSR count). The molecule has 1 spiro atoms. The normalized spacial score (nSPS) is 26.0. The highest BCUT2D eigenvalue weighted by Gasteiger charge is 2.45. The second-order valence-corrected chi connectivity index (χ2v) is 15.6. The van der Waals surface area contributed by atoms with Gasteiger partial charge in [0, 0.05) is 42.0 Å². The summed E-state index contributed by atoms with van der Waals surface area (Å²) < 4.78 is 64.8. The predicted molar refractivity (Wildman–Crippen MR) is 189 cm³/mol. The number of H-pyrrole nitrogens is 2. The van der Waals surface area contributed by atoms with Gasteiger partial charge in [-0.15, -0.1) is 0 Å². The van der Waals surface area contributed by atoms with Crippen molar-refractivity contribution in [3.63, 3.8) is 0 Å². The molecule has 2 aromatic heterocycles. The molecule has 1 aliphatic carbocycles. The summed E-state index contributed by atoms with van der Waals surface area (Å²) >= 11 is 0. The van der Waals surface area contributed by atoms with Crippen LogP contribution in [0.1, 0.15) is 111 Å². The lowest BCUT2D eigenvalue weighted by Crippen LogP contribution is -2.35. The third-order valence-corrected chi connectivity index (χ3v) is 12.5. The van der Waals surface area contributed by atoms with E-state index in [4.69, 9.17) is 0 Å². The second kappa shape index (κ2) is 11.9. The van der Waals surface area contributed by atoms with E-state index in [-0.39, 0.29) is 23.5 Å². The van der Waals surface area contributed by atoms with Crippen LogP contribution >= 0.6 is 0 Å². The number of fused-ring (bicyclic) bond motifs is 2. The molecule has 5 aliphatic rings. The van der Waals surface area contributed by atoms with Gasteiger partial charge in [0.25, 0.3) is 0 Å². The quantitative estimate of drug-likeness (QED) is 0.134. The Kier molecular flexibility index (Phi) is 7.39. The molecule has 51 heavy (non-hydrogen) atoms. The Morgan fingerprint density at radius 1 is 0.608 bits per heavy atom. The molecule has 8 nitrogen and oxygen atoms in total. The van der Waals surface area contributed by atoms with Gasteiger partial charge in [-0.1, -0.05) is 0 Å². The van der Waals surface area contributed by atoms with Gasteiger partial charge in [0.15, 0.2) is 11.6 Å². The van der Waals surface area contributed by atoms with Crippen LogP contribution in [0.2, 0.25) is 0 Å². The number of hydrogen-bond acceptors (Lipinski definition) is 6. The largest absolute Gasteiger partial charge is 0.367 e. The Bertz CT molecular complexity index is 2000. The number of halogens is 4. The molecular weight excluding hydrogens is 656 g/mol. The van der Waals surface area contributed by atoms with Crippen LogP contribution in [0.5, 0.6) is 0 Å². The summed E-state index contributed by atoms with van der Waals surface area (Å²) in [6, 6.07) is 8.09. The lowest BCUT2D eigenvalue weighted by molar-refractivity contribution is 0.379. The minimum absolute atomic E-state index is 0.0160. The summed E-state index contributed by atoms with van der Waals surface area (Å²) in [5, 5.41) is 6.87. The monoisotopic (exact) mass is 698 g/mol. The Labute approximate surface area is 293 Å². The summed E-state index contributed by atoms with van der Waals surface area (Å²) in [6.07, 6.45) is 9.16. The zero-order valence-electron chi connectivity index (χ0n) is 28.5. The van der Waals surface area contributed by atoms with Gasteiger partial charge in [-0.05, 0) is 107 Å². The molecule has 4 N–H and O–H groups in total. The van der Waals surface area contributed by atoms with Crippen molar-refractivity contribution in [3.8, 4) is 0 Å². The van der Waals surface area contributed by atoms with Crippen molar-refractivity contribution < 1.29 is 17.6 Å². The first-order chi connectivity index (χ1) is 24.8. The Morgan fingerprint density at radius 3 is 1.57 bits per heavy atom. The van der Waals surface area contributed by atoms with E-state index in [1.54, 1.807) is 12.1 Å². The fraction of sp³-hybridized carbons (Fsp3) is 0.487. The van der Waals surface area contributed by atoms with E-state index in [0.29, 0.717) is 64.5 Å². The first-order valence-electron chi connectivity index (χ1n) is 18.7. The van der Waals surface area contributed by atoms with Crippen LogP contribution in [0.4, 0.5) is 28.9 Å². The van der Waals surface area contributed by atoms with Crippen molar-refractivity contribution in [2.75, 3.05) is 36.0 Å². The lowest BCUT2D eigenvalue weighted by atomic mass is 9.93. The van der Waals surface area contributed by atoms with Gasteiger partial charge in [0.05, 0.1) is 46.2 Å². The number of aromatic amines is 2. The van der Waals surface area contributed by atoms with Crippen LogP contribution in [-0.4, -0.2) is 46.1 Å². The standard InChI is InChI=1S/C39H42F4N8/c40-24-19-32-30(46-37(48-32)28-3-1-11-44-28)17-22(24)34-5-6-35(23-18-31-33(20-25(23)41)49-38(47-31)29-4-2-12-45-29)51(34)21-15-26(42)36(27(43)16-21)50-13-9-39(7-8-39)10-14-50/h15-20,28-29,34-35,44-45H,1-14H2,(H,46,48)(H,47,49)/t28-,29-,34-,35+/m0/s1. The highest BCUT2D eigenvalue weighted by Crippen LogP contribution is 2.55. The van der Waals surface area contributed by atoms with Crippen LogP contribution < -0.4 is 20.4 Å². The van der Waals surface area contributed by atoms with E-state index in [1.807, 2.05) is 9.80 Å². The Balaban J connectivity index is 1.06. The number of hydrogen-bond donors (Lipinski definition) is 4. The summed E-state index contributed by atoms with van der Waals surface area (Å²) in [5.74, 6) is -0.669. The second-order valence-electron chi connectivity index (χ2n) is 15.6. The lowest BCUT2D eigenvalue weighted by Gasteiger charge is -2.36. The zero-order chi connectivity index (χ0) is 34.4. The molecule has 4 aliphatic heterocycles. The summed E-state index contributed by atoms with van der Waals surface area (Å²) in [5.41, 5.74) is 3.82. The number of rotatable bonds is 6. The van der Waals surface area contributed by atoms with Crippen LogP contribution in [0.15, 0.2) is 36.4 Å². The fourth-order valence-corrected chi connectivity index (χ4v) is 9.48. The van der Waals surface area contributed by atoms with Gasteiger partial charge in [0.1, 0.15) is 29.0 Å². The van der Waals surface area contributed by atoms with E-state index in [9.17, 15) is 0 Å². The topological polar surface area (TPSA) is 87.9 Å². The SMILES string of the molecule is Fc1cc2nc([C@@H]3CCCN3)[nH]c2cc1[C@H]1CC[C@@H](c2cc3[nH]c([C@@H]4CCCN4)nc3cc2F)N1c1cc(F)c(N2CCC3(CC2)CC3)c(F)c1. The minimum Gasteiger partial charge on any atom is -0.367 e. The van der Waals surface area contributed by atoms with Crippen molar-refractivity contribution in [2.24, 2.45) is 5.41 Å². The van der Waals surface area contributed by atoms with Crippen LogP contribution in [0, 0.1) is 28.7 Å². The number of nitrogens with zero attached hydrogens (tertiary/aromatic N) is 4. The summed E-state index contributed by atoms with van der Waals surface area (Å²) in [7, 11) is 0.